The van der Waals surface area contributed by atoms with E-state index in [1.807, 2.05) is 6.07 Å². The Kier molecular flexibility index (Phi) is 3.38. The van der Waals surface area contributed by atoms with Crippen LogP contribution in [0.15, 0.2) is 55.1 Å². The summed E-state index contributed by atoms with van der Waals surface area (Å²) >= 11 is 0. The van der Waals surface area contributed by atoms with Gasteiger partial charge in [-0.2, -0.15) is 0 Å². The zero-order chi connectivity index (χ0) is 16.5. The predicted molar refractivity (Wildman–Crippen MR) is 86.8 cm³/mol. The highest BCUT2D eigenvalue weighted by Crippen LogP contribution is 2.32. The molecule has 0 unspecified atom stereocenters. The van der Waals surface area contributed by atoms with Crippen molar-refractivity contribution in [3.05, 3.63) is 66.8 Å². The Morgan fingerprint density at radius 2 is 1.75 bits per heavy atom. The zero-order valence-electron chi connectivity index (χ0n) is 12.3. The smallest absolute Gasteiger partial charge is 0.149 e. The van der Waals surface area contributed by atoms with Gasteiger partial charge in [0.2, 0.25) is 0 Å². The van der Waals surface area contributed by atoms with Gasteiger partial charge in [0.25, 0.3) is 0 Å². The standard InChI is InChI=1S/C17H11F2N5/c18-12-4-1-5-13(19)15(12)24-17-10(3-2-7-20-17)14-11-6-8-21-16(11)23-9-22-14/h1-9H,(H,20,24)(H,21,22,23). The maximum atomic E-state index is 13.9. The van der Waals surface area contributed by atoms with Gasteiger partial charge in [0.05, 0.1) is 5.69 Å². The Labute approximate surface area is 135 Å². The number of H-pyrrole nitrogens is 1. The van der Waals surface area contributed by atoms with Crippen LogP contribution in [0.4, 0.5) is 20.3 Å². The molecule has 0 amide bonds. The monoisotopic (exact) mass is 323 g/mol. The molecule has 0 fully saturated rings. The topological polar surface area (TPSA) is 66.5 Å². The van der Waals surface area contributed by atoms with E-state index in [0.717, 1.165) is 5.39 Å². The number of benzene rings is 1. The molecular weight excluding hydrogens is 312 g/mol. The fourth-order valence-electron chi connectivity index (χ4n) is 2.52. The molecule has 118 valence electrons. The van der Waals surface area contributed by atoms with Crippen molar-refractivity contribution in [1.82, 2.24) is 19.9 Å². The van der Waals surface area contributed by atoms with E-state index in [0.29, 0.717) is 22.7 Å². The number of nitrogens with one attached hydrogen (secondary N) is 2. The summed E-state index contributed by atoms with van der Waals surface area (Å²) in [7, 11) is 0. The third-order valence-electron chi connectivity index (χ3n) is 3.62. The van der Waals surface area contributed by atoms with Crippen molar-refractivity contribution in [2.45, 2.75) is 0 Å². The quantitative estimate of drug-likeness (QED) is 0.597. The lowest BCUT2D eigenvalue weighted by Crippen LogP contribution is -2.01. The summed E-state index contributed by atoms with van der Waals surface area (Å²) in [4.78, 5) is 15.7. The van der Waals surface area contributed by atoms with E-state index in [2.05, 4.69) is 25.3 Å². The van der Waals surface area contributed by atoms with E-state index in [1.54, 1.807) is 24.5 Å². The second kappa shape index (κ2) is 5.69. The molecule has 3 aromatic heterocycles. The Morgan fingerprint density at radius 3 is 2.58 bits per heavy atom. The van der Waals surface area contributed by atoms with Gasteiger partial charge >= 0.3 is 0 Å². The summed E-state index contributed by atoms with van der Waals surface area (Å²) in [5, 5.41) is 3.53. The van der Waals surface area contributed by atoms with E-state index in [1.165, 1.54) is 24.5 Å². The van der Waals surface area contributed by atoms with Crippen molar-refractivity contribution < 1.29 is 8.78 Å². The summed E-state index contributed by atoms with van der Waals surface area (Å²) in [5.74, 6) is -1.08. The van der Waals surface area contributed by atoms with Crippen LogP contribution in [0.25, 0.3) is 22.3 Å². The molecule has 0 atom stereocenters. The highest BCUT2D eigenvalue weighted by molar-refractivity contribution is 5.94. The highest BCUT2D eigenvalue weighted by Gasteiger charge is 2.15. The predicted octanol–water partition coefficient (Wildman–Crippen LogP) is 4.04. The lowest BCUT2D eigenvalue weighted by Gasteiger charge is -2.12. The average molecular weight is 323 g/mol. The SMILES string of the molecule is Fc1cccc(F)c1Nc1ncccc1-c1ncnc2[nH]ccc12. The van der Waals surface area contributed by atoms with Crippen molar-refractivity contribution >= 4 is 22.5 Å². The molecule has 0 aliphatic rings. The molecule has 5 nitrogen and oxygen atoms in total. The lowest BCUT2D eigenvalue weighted by atomic mass is 10.1. The number of anilines is 2. The molecule has 7 heteroatoms. The highest BCUT2D eigenvalue weighted by atomic mass is 19.1. The number of aromatic amines is 1. The van der Waals surface area contributed by atoms with Crippen molar-refractivity contribution in [3.63, 3.8) is 0 Å². The van der Waals surface area contributed by atoms with Crippen LogP contribution < -0.4 is 5.32 Å². The fraction of sp³-hybridized carbons (Fsp3) is 0. The number of pyridine rings is 1. The second-order valence-electron chi connectivity index (χ2n) is 5.08. The lowest BCUT2D eigenvalue weighted by molar-refractivity contribution is 0.590. The molecule has 0 aliphatic heterocycles. The second-order valence-corrected chi connectivity index (χ2v) is 5.08. The van der Waals surface area contributed by atoms with Gasteiger partial charge in [0.1, 0.15) is 35.1 Å². The molecule has 0 bridgehead atoms. The molecule has 3 heterocycles. The maximum Gasteiger partial charge on any atom is 0.149 e. The summed E-state index contributed by atoms with van der Waals surface area (Å²) in [6.45, 7) is 0. The van der Waals surface area contributed by atoms with E-state index >= 15 is 0 Å². The third-order valence-corrected chi connectivity index (χ3v) is 3.62. The molecule has 0 saturated heterocycles. The summed E-state index contributed by atoms with van der Waals surface area (Å²) in [5.41, 5.74) is 1.66. The number of hydrogen-bond acceptors (Lipinski definition) is 4. The molecule has 0 radical (unpaired) electrons. The van der Waals surface area contributed by atoms with Gasteiger partial charge in [-0.15, -0.1) is 0 Å². The minimum atomic E-state index is -0.693. The van der Waals surface area contributed by atoms with Gasteiger partial charge in [-0.3, -0.25) is 0 Å². The van der Waals surface area contributed by atoms with Gasteiger partial charge in [-0.05, 0) is 30.3 Å². The van der Waals surface area contributed by atoms with Crippen LogP contribution in [0.5, 0.6) is 0 Å². The Balaban J connectivity index is 1.86. The maximum absolute atomic E-state index is 13.9. The zero-order valence-corrected chi connectivity index (χ0v) is 12.3. The molecular formula is C17H11F2N5. The number of rotatable bonds is 3. The van der Waals surface area contributed by atoms with Gasteiger partial charge in [-0.1, -0.05) is 6.07 Å². The largest absolute Gasteiger partial charge is 0.346 e. The van der Waals surface area contributed by atoms with Crippen molar-refractivity contribution in [2.75, 3.05) is 5.32 Å². The molecule has 2 N–H and O–H groups in total. The minimum absolute atomic E-state index is 0.253. The normalized spacial score (nSPS) is 10.9. The Bertz CT molecular complexity index is 1010. The van der Waals surface area contributed by atoms with Crippen molar-refractivity contribution in [2.24, 2.45) is 0 Å². The number of fused-ring (bicyclic) bond motifs is 1. The molecule has 0 spiro atoms. The van der Waals surface area contributed by atoms with Crippen LogP contribution in [0.2, 0.25) is 0 Å². The van der Waals surface area contributed by atoms with Gasteiger partial charge in [0.15, 0.2) is 0 Å². The molecule has 0 saturated carbocycles. The number of halogens is 2. The molecule has 4 rings (SSSR count). The average Bonchev–Trinajstić information content (AvgIpc) is 3.07. The molecule has 24 heavy (non-hydrogen) atoms. The van der Waals surface area contributed by atoms with E-state index in [-0.39, 0.29) is 5.69 Å². The van der Waals surface area contributed by atoms with Crippen LogP contribution in [0, 0.1) is 11.6 Å². The number of nitrogens with zero attached hydrogens (tertiary/aromatic N) is 3. The first-order valence-corrected chi connectivity index (χ1v) is 7.18. The van der Waals surface area contributed by atoms with Gasteiger partial charge in [0, 0.05) is 23.3 Å². The van der Waals surface area contributed by atoms with Gasteiger partial charge in [-0.25, -0.2) is 23.7 Å². The van der Waals surface area contributed by atoms with E-state index < -0.39 is 11.6 Å². The number of hydrogen-bond donors (Lipinski definition) is 2. The summed E-state index contributed by atoms with van der Waals surface area (Å²) in [6.07, 6.45) is 4.72. The van der Waals surface area contributed by atoms with E-state index in [9.17, 15) is 8.78 Å². The van der Waals surface area contributed by atoms with Crippen LogP contribution in [0.3, 0.4) is 0 Å². The fourth-order valence-corrected chi connectivity index (χ4v) is 2.52. The number of aromatic nitrogens is 4. The minimum Gasteiger partial charge on any atom is -0.346 e. The first-order valence-electron chi connectivity index (χ1n) is 7.18. The van der Waals surface area contributed by atoms with Crippen LogP contribution >= 0.6 is 0 Å². The van der Waals surface area contributed by atoms with Crippen LogP contribution in [0.1, 0.15) is 0 Å². The Hall–Kier alpha value is -3.35. The summed E-state index contributed by atoms with van der Waals surface area (Å²) in [6, 6.07) is 9.03. The number of para-hydroxylation sites is 1. The molecule has 4 aromatic rings. The molecule has 0 aliphatic carbocycles. The summed E-state index contributed by atoms with van der Waals surface area (Å²) < 4.78 is 27.8. The van der Waals surface area contributed by atoms with Crippen LogP contribution in [-0.2, 0) is 0 Å². The van der Waals surface area contributed by atoms with E-state index in [4.69, 9.17) is 0 Å². The van der Waals surface area contributed by atoms with Crippen molar-refractivity contribution in [3.8, 4) is 11.3 Å². The first-order chi connectivity index (χ1) is 11.7. The van der Waals surface area contributed by atoms with Crippen molar-refractivity contribution in [1.29, 1.82) is 0 Å². The first kappa shape index (κ1) is 14.3. The molecule has 1 aromatic carbocycles. The van der Waals surface area contributed by atoms with Crippen LogP contribution in [-0.4, -0.2) is 19.9 Å². The third kappa shape index (κ3) is 2.36. The van der Waals surface area contributed by atoms with Gasteiger partial charge < -0.3 is 10.3 Å². The Morgan fingerprint density at radius 1 is 0.917 bits per heavy atom.